The van der Waals surface area contributed by atoms with E-state index in [2.05, 4.69) is 215 Å². The molecule has 8 aromatic carbocycles. The smallest absolute Gasteiger partial charge is 0.490 e. The van der Waals surface area contributed by atoms with Crippen molar-refractivity contribution in [3.05, 3.63) is 311 Å². The molecule has 2 N–H and O–H groups in total. The van der Waals surface area contributed by atoms with E-state index in [1.54, 1.807) is 11.1 Å². The highest BCUT2D eigenvalue weighted by Crippen LogP contribution is 2.46. The maximum Gasteiger partial charge on any atom is 0.498 e. The Morgan fingerprint density at radius 1 is 0.678 bits per heavy atom. The van der Waals surface area contributed by atoms with Crippen LogP contribution in [0.3, 0.4) is 0 Å². The van der Waals surface area contributed by atoms with Crippen LogP contribution in [0.5, 0.6) is 5.75 Å². The highest BCUT2D eigenvalue weighted by atomic mass is 127. The van der Waals surface area contributed by atoms with E-state index in [1.807, 2.05) is 110 Å². The fourth-order valence-electron chi connectivity index (χ4n) is 13.2. The predicted octanol–water partition coefficient (Wildman–Crippen LogP) is 14.8. The van der Waals surface area contributed by atoms with Crippen LogP contribution >= 0.6 is 22.6 Å². The lowest BCUT2D eigenvalue weighted by molar-refractivity contribution is 0.00578. The van der Waals surface area contributed by atoms with Crippen LogP contribution in [0.25, 0.3) is 14.7 Å². The third-order valence-corrected chi connectivity index (χ3v) is 19.3. The van der Waals surface area contributed by atoms with Gasteiger partial charge in [0.05, 0.1) is 17.7 Å². The van der Waals surface area contributed by atoms with Gasteiger partial charge in [-0.05, 0) is 126 Å². The Kier molecular flexibility index (Phi) is 16.9. The van der Waals surface area contributed by atoms with Crippen molar-refractivity contribution in [3.8, 4) is 5.75 Å². The first-order valence-corrected chi connectivity index (χ1v) is 31.8. The Balaban J connectivity index is 0.881. The first-order chi connectivity index (χ1) is 43.8. The van der Waals surface area contributed by atoms with Gasteiger partial charge in [-0.25, -0.2) is 14.5 Å². The van der Waals surface area contributed by atoms with Gasteiger partial charge in [0.2, 0.25) is 0 Å². The summed E-state index contributed by atoms with van der Waals surface area (Å²) in [4.78, 5) is 21.1. The number of halogens is 1. The SMILES string of the molecule is CC1(C)OB(c2cnn(Cc3cccc(O[C@@H]4C[C@@H](N(C/C=C(\I)c5cc(NC(c6ccccc6)(c6ccccc6)c6ccccc6)nc6c5nnn6C(c5ccccc5)(c5ccccc5)c5ccccc5)C(=O)O)C[C@@H]4Cc4ccccc4)c3)c2)OC1(C)C. The Labute approximate surface area is 539 Å². The van der Waals surface area contributed by atoms with Gasteiger partial charge in [0, 0.05) is 51.9 Å². The molecule has 1 saturated heterocycles. The summed E-state index contributed by atoms with van der Waals surface area (Å²) in [5.41, 5.74) is 7.81. The largest absolute Gasteiger partial charge is 0.498 e. The molecule has 3 atom stereocenters. The maximum absolute atomic E-state index is 13.9. The number of amides is 1. The molecule has 1 saturated carbocycles. The summed E-state index contributed by atoms with van der Waals surface area (Å²) in [7, 11) is -0.512. The number of rotatable bonds is 20. The minimum atomic E-state index is -1.06. The summed E-state index contributed by atoms with van der Waals surface area (Å²) in [6, 6.07) is 82.8. The van der Waals surface area contributed by atoms with Gasteiger partial charge in [-0.2, -0.15) is 5.10 Å². The van der Waals surface area contributed by atoms with Crippen molar-refractivity contribution in [2.24, 2.45) is 5.92 Å². The van der Waals surface area contributed by atoms with Crippen molar-refractivity contribution >= 4 is 61.8 Å². The lowest BCUT2D eigenvalue weighted by Gasteiger charge is -2.38. The molecule has 0 bridgehead atoms. The molecule has 450 valence electrons. The quantitative estimate of drug-likeness (QED) is 0.0430. The van der Waals surface area contributed by atoms with Crippen LogP contribution in [-0.2, 0) is 33.4 Å². The Hall–Kier alpha value is -9.16. The van der Waals surface area contributed by atoms with Gasteiger partial charge in [-0.15, -0.1) is 5.10 Å². The summed E-state index contributed by atoms with van der Waals surface area (Å²) in [6.45, 7) is 8.79. The number of benzene rings is 8. The van der Waals surface area contributed by atoms with Gasteiger partial charge in [-0.3, -0.25) is 4.68 Å². The number of aromatic nitrogens is 6. The zero-order chi connectivity index (χ0) is 61.9. The molecule has 90 heavy (non-hydrogen) atoms. The minimum absolute atomic E-state index is 0.0151. The maximum atomic E-state index is 13.9. The highest BCUT2D eigenvalue weighted by molar-refractivity contribution is 14.1. The number of ether oxygens (including phenoxy) is 1. The molecule has 0 unspecified atom stereocenters. The first kappa shape index (κ1) is 59.8. The van der Waals surface area contributed by atoms with Crippen LogP contribution in [0.4, 0.5) is 10.6 Å². The molecule has 13 nitrogen and oxygen atoms in total. The second kappa shape index (κ2) is 25.4. The van der Waals surface area contributed by atoms with Gasteiger partial charge in [0.15, 0.2) is 5.65 Å². The van der Waals surface area contributed by atoms with E-state index < -0.39 is 35.5 Å². The van der Waals surface area contributed by atoms with E-state index >= 15 is 0 Å². The average Bonchev–Trinajstić information content (AvgIpc) is 1.32. The number of hydrogen-bond donors (Lipinski definition) is 2. The van der Waals surface area contributed by atoms with E-state index in [1.165, 1.54) is 5.56 Å². The average molecular weight is 1300 g/mol. The van der Waals surface area contributed by atoms with Gasteiger partial charge >= 0.3 is 13.2 Å². The van der Waals surface area contributed by atoms with E-state index in [0.29, 0.717) is 36.4 Å². The second-order valence-electron chi connectivity index (χ2n) is 24.4. The molecule has 2 aliphatic rings. The number of fused-ring (bicyclic) bond motifs is 1. The summed E-state index contributed by atoms with van der Waals surface area (Å²) < 4.78 is 24.3. The van der Waals surface area contributed by atoms with Crippen LogP contribution in [0.15, 0.2) is 261 Å². The third-order valence-electron chi connectivity index (χ3n) is 18.3. The minimum Gasteiger partial charge on any atom is -0.490 e. The molecule has 0 spiro atoms. The summed E-state index contributed by atoms with van der Waals surface area (Å²) in [5, 5.41) is 30.4. The Morgan fingerprint density at radius 2 is 1.18 bits per heavy atom. The summed E-state index contributed by atoms with van der Waals surface area (Å²) in [6.07, 6.45) is 6.32. The molecule has 11 aromatic rings. The van der Waals surface area contributed by atoms with E-state index in [9.17, 15) is 9.90 Å². The number of carbonyl (C=O) groups is 1. The number of nitrogens with one attached hydrogen (secondary N) is 1. The zero-order valence-electron chi connectivity index (χ0n) is 50.8. The molecule has 1 amide bonds. The number of pyridine rings is 1. The molecule has 13 rings (SSSR count). The van der Waals surface area contributed by atoms with Gasteiger partial charge in [0.25, 0.3) is 0 Å². The number of carboxylic acid groups (broad SMARTS) is 1. The van der Waals surface area contributed by atoms with Crippen LogP contribution in [0.2, 0.25) is 0 Å². The zero-order valence-corrected chi connectivity index (χ0v) is 52.9. The monoisotopic (exact) mass is 1300 g/mol. The van der Waals surface area contributed by atoms with Crippen molar-refractivity contribution in [1.82, 2.24) is 34.7 Å². The fraction of sp³-hybridized carbons (Fsp3) is 0.213. The predicted molar refractivity (Wildman–Crippen MR) is 364 cm³/mol. The van der Waals surface area contributed by atoms with Crippen molar-refractivity contribution in [2.45, 2.75) is 87.9 Å². The number of nitrogens with zero attached hydrogens (tertiary/aromatic N) is 7. The standard InChI is InChI=1S/C75H70BIN8O5/c1-72(2)73(3,4)90-76(89-72)62-50-78-83(52-62)51-54-29-26-42-64(46-54)88-67-48-63(47-55(67)45-53-27-12-5-13-28-53)84(71(86)87)44-43-66(77)65-49-68(80-74(56-30-14-6-15-31-56,57-32-16-7-17-33-57)58-34-18-8-19-35-58)79-70-69(65)81-82-85(70)75(59-36-20-9-21-37-59,60-38-22-10-23-39-60)61-40-24-11-25-41-61/h5-43,46,49-50,52,55,63,67H,44-45,47-48,51H2,1-4H3,(H,79,80)(H,86,87)/b66-43-/t55-,63-,67+/m0/s1. The summed E-state index contributed by atoms with van der Waals surface area (Å²) >= 11 is 2.36. The van der Waals surface area contributed by atoms with Gasteiger partial charge in [0.1, 0.15) is 34.3 Å². The molecule has 3 aromatic heterocycles. The number of anilines is 1. The molecule has 1 aliphatic carbocycles. The van der Waals surface area contributed by atoms with Gasteiger partial charge in [-0.1, -0.05) is 236 Å². The van der Waals surface area contributed by atoms with Crippen molar-refractivity contribution in [2.75, 3.05) is 11.9 Å². The lowest BCUT2D eigenvalue weighted by Crippen LogP contribution is -2.41. The van der Waals surface area contributed by atoms with Crippen LogP contribution < -0.4 is 15.5 Å². The van der Waals surface area contributed by atoms with Crippen LogP contribution in [0, 0.1) is 5.92 Å². The fourth-order valence-corrected chi connectivity index (χ4v) is 13.8. The lowest BCUT2D eigenvalue weighted by atomic mass is 9.77. The molecule has 0 radical (unpaired) electrons. The molecular weight excluding hydrogens is 1230 g/mol. The Morgan fingerprint density at radius 3 is 1.70 bits per heavy atom. The van der Waals surface area contributed by atoms with Crippen LogP contribution in [0.1, 0.15) is 90.6 Å². The van der Waals surface area contributed by atoms with Crippen molar-refractivity contribution in [3.63, 3.8) is 0 Å². The third kappa shape index (κ3) is 11.7. The van der Waals surface area contributed by atoms with E-state index in [-0.39, 0.29) is 24.6 Å². The second-order valence-corrected chi connectivity index (χ2v) is 25.6. The number of hydrogen-bond acceptors (Lipinski definition) is 9. The molecule has 1 aliphatic heterocycles. The first-order valence-electron chi connectivity index (χ1n) is 30.7. The molecule has 15 heteroatoms. The molecule has 4 heterocycles. The molecule has 2 fully saturated rings. The van der Waals surface area contributed by atoms with Crippen LogP contribution in [-0.4, -0.2) is 82.9 Å². The van der Waals surface area contributed by atoms with E-state index in [0.717, 1.165) is 65.7 Å². The molecular formula is C75H70BIN8O5. The summed E-state index contributed by atoms with van der Waals surface area (Å²) in [5.74, 6) is 1.29. The van der Waals surface area contributed by atoms with Crippen molar-refractivity contribution < 1.29 is 23.9 Å². The van der Waals surface area contributed by atoms with Crippen molar-refractivity contribution in [1.29, 1.82) is 0 Å². The highest BCUT2D eigenvalue weighted by Gasteiger charge is 2.52. The topological polar surface area (TPSA) is 142 Å². The Bertz CT molecular complexity index is 4060. The van der Waals surface area contributed by atoms with E-state index in [4.69, 9.17) is 29.3 Å². The normalized spacial score (nSPS) is 17.3. The van der Waals surface area contributed by atoms with Gasteiger partial charge < -0.3 is 29.4 Å².